The molecule has 0 saturated carbocycles. The molecule has 0 fully saturated rings. The number of nitrogens with one attached hydrogen (secondary N) is 2. The second-order valence-corrected chi connectivity index (χ2v) is 4.71. The Balaban J connectivity index is 0.00000132. The first kappa shape index (κ1) is 13.1. The van der Waals surface area contributed by atoms with E-state index in [0.717, 1.165) is 22.7 Å². The van der Waals surface area contributed by atoms with Gasteiger partial charge in [-0.25, -0.2) is 5.43 Å². The van der Waals surface area contributed by atoms with Crippen molar-refractivity contribution in [1.29, 1.82) is 0 Å². The molecular formula is C16H14N4O. The molecule has 0 spiro atoms. The highest BCUT2D eigenvalue weighted by Crippen LogP contribution is 2.33. The summed E-state index contributed by atoms with van der Waals surface area (Å²) in [6.07, 6.45) is 8.03. The van der Waals surface area contributed by atoms with Gasteiger partial charge in [0.2, 0.25) is 0 Å². The predicted octanol–water partition coefficient (Wildman–Crippen LogP) is 2.82. The van der Waals surface area contributed by atoms with E-state index in [1.54, 1.807) is 12.1 Å². The van der Waals surface area contributed by atoms with Gasteiger partial charge in [0.1, 0.15) is 5.71 Å². The normalized spacial score (nSPS) is 15.1. The van der Waals surface area contributed by atoms with Crippen molar-refractivity contribution < 1.29 is 4.79 Å². The number of aromatic nitrogens is 1. The molecular weight excluding hydrogens is 264 g/mol. The standard InChI is InChI=1S/C16H11N3O.H3N/c20-16(10-4-2-1-3-5-10)19-18-14-9-6-11-12-7-8-13(11)17-15(12)14;/h1-9,17H,(H,19,20);1H3. The summed E-state index contributed by atoms with van der Waals surface area (Å²) in [5, 5.41) is 4.21. The van der Waals surface area contributed by atoms with Crippen LogP contribution in [0.3, 0.4) is 0 Å². The number of hydrogen-bond acceptors (Lipinski definition) is 3. The molecule has 0 aliphatic heterocycles. The minimum Gasteiger partial charge on any atom is -0.353 e. The van der Waals surface area contributed by atoms with Crippen molar-refractivity contribution in [3.05, 3.63) is 64.5 Å². The monoisotopic (exact) mass is 278 g/mol. The molecule has 5 nitrogen and oxygen atoms in total. The molecule has 0 unspecified atom stereocenters. The summed E-state index contributed by atoms with van der Waals surface area (Å²) in [6, 6.07) is 9.04. The molecule has 5 N–H and O–H groups in total. The van der Waals surface area contributed by atoms with Crippen molar-refractivity contribution in [3.8, 4) is 0 Å². The smallest absolute Gasteiger partial charge is 0.271 e. The van der Waals surface area contributed by atoms with E-state index in [4.69, 9.17) is 0 Å². The third kappa shape index (κ3) is 2.00. The highest BCUT2D eigenvalue weighted by Gasteiger charge is 2.23. The third-order valence-electron chi connectivity index (χ3n) is 3.50. The Morgan fingerprint density at radius 1 is 1.00 bits per heavy atom. The van der Waals surface area contributed by atoms with Crippen LogP contribution in [0.1, 0.15) is 32.9 Å². The van der Waals surface area contributed by atoms with Crippen LogP contribution in [-0.2, 0) is 0 Å². The zero-order valence-corrected chi connectivity index (χ0v) is 11.3. The number of rotatable bonds is 2. The lowest BCUT2D eigenvalue weighted by Gasteiger charge is -2.07. The molecule has 1 amide bonds. The van der Waals surface area contributed by atoms with Gasteiger partial charge >= 0.3 is 0 Å². The maximum Gasteiger partial charge on any atom is 0.271 e. The second-order valence-electron chi connectivity index (χ2n) is 4.71. The van der Waals surface area contributed by atoms with Gasteiger partial charge in [0.15, 0.2) is 0 Å². The van der Waals surface area contributed by atoms with Gasteiger partial charge < -0.3 is 11.1 Å². The van der Waals surface area contributed by atoms with Gasteiger partial charge in [-0.2, -0.15) is 5.10 Å². The van der Waals surface area contributed by atoms with E-state index in [1.807, 2.05) is 36.4 Å². The molecule has 21 heavy (non-hydrogen) atoms. The van der Waals surface area contributed by atoms with Crippen LogP contribution in [0.25, 0.3) is 18.2 Å². The molecule has 2 aliphatic carbocycles. The summed E-state index contributed by atoms with van der Waals surface area (Å²) in [7, 11) is 0. The van der Waals surface area contributed by atoms with Crippen molar-refractivity contribution in [2.75, 3.05) is 0 Å². The summed E-state index contributed by atoms with van der Waals surface area (Å²) >= 11 is 0. The average molecular weight is 278 g/mol. The molecule has 1 heterocycles. The number of carbonyl (C=O) groups is 1. The van der Waals surface area contributed by atoms with Crippen LogP contribution in [0, 0.1) is 0 Å². The van der Waals surface area contributed by atoms with Crippen molar-refractivity contribution in [2.24, 2.45) is 5.10 Å². The number of hydrogen-bond donors (Lipinski definition) is 3. The molecule has 4 bridgehead atoms. The van der Waals surface area contributed by atoms with E-state index in [-0.39, 0.29) is 12.1 Å². The number of hydrazone groups is 1. The van der Waals surface area contributed by atoms with Crippen LogP contribution >= 0.6 is 0 Å². The van der Waals surface area contributed by atoms with Crippen LogP contribution in [-0.4, -0.2) is 16.6 Å². The Morgan fingerprint density at radius 3 is 2.57 bits per heavy atom. The quantitative estimate of drug-likeness (QED) is 0.629. The topological polar surface area (TPSA) is 92.2 Å². The van der Waals surface area contributed by atoms with Gasteiger partial charge in [0, 0.05) is 22.4 Å². The number of benzene rings is 1. The number of carbonyl (C=O) groups excluding carboxylic acids is 1. The minimum absolute atomic E-state index is 0. The molecule has 1 aromatic heterocycles. The third-order valence-corrected chi connectivity index (χ3v) is 3.50. The van der Waals surface area contributed by atoms with Crippen LogP contribution in [0.4, 0.5) is 0 Å². The van der Waals surface area contributed by atoms with Gasteiger partial charge in [-0.05, 0) is 30.4 Å². The number of H-pyrrole nitrogens is 1. The molecule has 4 rings (SSSR count). The maximum atomic E-state index is 11.9. The van der Waals surface area contributed by atoms with Crippen LogP contribution < -0.4 is 11.6 Å². The minimum atomic E-state index is -0.210. The number of allylic oxidation sites excluding steroid dienone is 1. The average Bonchev–Trinajstić information content (AvgIpc) is 3.01. The second kappa shape index (κ2) is 4.88. The van der Waals surface area contributed by atoms with Crippen LogP contribution in [0.5, 0.6) is 0 Å². The van der Waals surface area contributed by atoms with Gasteiger partial charge in [-0.3, -0.25) is 4.79 Å². The van der Waals surface area contributed by atoms with Gasteiger partial charge in [0.05, 0.1) is 5.69 Å². The van der Waals surface area contributed by atoms with Crippen LogP contribution in [0.2, 0.25) is 0 Å². The zero-order chi connectivity index (χ0) is 13.5. The molecule has 5 heteroatoms. The van der Waals surface area contributed by atoms with E-state index >= 15 is 0 Å². The molecule has 2 aromatic rings. The number of amides is 1. The summed E-state index contributed by atoms with van der Waals surface area (Å²) in [5.74, 6) is -0.210. The molecule has 2 aliphatic rings. The lowest BCUT2D eigenvalue weighted by atomic mass is 10.0. The molecule has 0 atom stereocenters. The SMILES string of the molecule is N.O=C(NN=C1C=Cc2c3[nH]c1c2C=C3)c1ccccc1. The summed E-state index contributed by atoms with van der Waals surface area (Å²) in [4.78, 5) is 15.2. The first-order chi connectivity index (χ1) is 9.83. The zero-order valence-electron chi connectivity index (χ0n) is 11.3. The van der Waals surface area contributed by atoms with Crippen LogP contribution in [0.15, 0.2) is 41.5 Å². The maximum absolute atomic E-state index is 11.9. The van der Waals surface area contributed by atoms with E-state index in [0.29, 0.717) is 5.56 Å². The van der Waals surface area contributed by atoms with Crippen molar-refractivity contribution >= 4 is 29.8 Å². The molecule has 0 saturated heterocycles. The lowest BCUT2D eigenvalue weighted by Crippen LogP contribution is -2.20. The highest BCUT2D eigenvalue weighted by atomic mass is 16.2. The Hall–Kier alpha value is -2.92. The Bertz CT molecular complexity index is 797. The fourth-order valence-corrected chi connectivity index (χ4v) is 2.51. The molecule has 0 radical (unpaired) electrons. The summed E-state index contributed by atoms with van der Waals surface area (Å²) in [5.41, 5.74) is 8.35. The van der Waals surface area contributed by atoms with E-state index in [9.17, 15) is 4.79 Å². The summed E-state index contributed by atoms with van der Waals surface area (Å²) < 4.78 is 0. The van der Waals surface area contributed by atoms with E-state index < -0.39 is 0 Å². The van der Waals surface area contributed by atoms with Crippen molar-refractivity contribution in [3.63, 3.8) is 0 Å². The predicted molar refractivity (Wildman–Crippen MR) is 84.2 cm³/mol. The number of aromatic amines is 1. The van der Waals surface area contributed by atoms with E-state index in [1.165, 1.54) is 5.56 Å². The fourth-order valence-electron chi connectivity index (χ4n) is 2.51. The molecule has 1 aromatic carbocycles. The van der Waals surface area contributed by atoms with E-state index in [2.05, 4.69) is 21.6 Å². The first-order valence-corrected chi connectivity index (χ1v) is 6.38. The Labute approximate surface area is 121 Å². The van der Waals surface area contributed by atoms with Gasteiger partial charge in [-0.15, -0.1) is 0 Å². The fraction of sp³-hybridized carbons (Fsp3) is 0. The Kier molecular flexibility index (Phi) is 3.04. The van der Waals surface area contributed by atoms with Gasteiger partial charge in [-0.1, -0.05) is 24.3 Å². The van der Waals surface area contributed by atoms with Crippen molar-refractivity contribution in [2.45, 2.75) is 0 Å². The lowest BCUT2D eigenvalue weighted by molar-refractivity contribution is 0.0955. The number of nitrogens with zero attached hydrogens (tertiary/aromatic N) is 1. The van der Waals surface area contributed by atoms with Gasteiger partial charge in [0.25, 0.3) is 5.91 Å². The highest BCUT2D eigenvalue weighted by molar-refractivity contribution is 6.17. The largest absolute Gasteiger partial charge is 0.353 e. The Morgan fingerprint density at radius 2 is 1.76 bits per heavy atom. The first-order valence-electron chi connectivity index (χ1n) is 6.38. The molecule has 104 valence electrons. The van der Waals surface area contributed by atoms with Crippen molar-refractivity contribution in [1.82, 2.24) is 16.6 Å². The summed E-state index contributed by atoms with van der Waals surface area (Å²) in [6.45, 7) is 0.